The van der Waals surface area contributed by atoms with Crippen LogP contribution in [-0.4, -0.2) is 83.7 Å². The molecule has 3 fully saturated rings. The van der Waals surface area contributed by atoms with E-state index in [0.717, 1.165) is 50.3 Å². The van der Waals surface area contributed by atoms with Crippen LogP contribution in [-0.2, 0) is 11.0 Å². The number of pyridine rings is 1. The highest BCUT2D eigenvalue weighted by atomic mass is 35.5. The Balaban J connectivity index is 0.00000171. The topological polar surface area (TPSA) is 51.7 Å². The van der Waals surface area contributed by atoms with Crippen molar-refractivity contribution in [1.29, 1.82) is 0 Å². The number of halogens is 6. The second kappa shape index (κ2) is 11.5. The molecule has 0 aliphatic carbocycles. The zero-order chi connectivity index (χ0) is 23.2. The minimum Gasteiger partial charge on any atom is -0.368 e. The van der Waals surface area contributed by atoms with Crippen LogP contribution in [0.5, 0.6) is 0 Å². The number of nitrogens with zero attached hydrogens (tertiary/aromatic N) is 4. The number of alkyl halides is 3. The van der Waals surface area contributed by atoms with Gasteiger partial charge in [0, 0.05) is 62.1 Å². The minimum atomic E-state index is -4.55. The van der Waals surface area contributed by atoms with E-state index in [-0.39, 0.29) is 53.3 Å². The van der Waals surface area contributed by atoms with E-state index in [1.807, 2.05) is 9.80 Å². The second-order valence-corrected chi connectivity index (χ2v) is 10.2. The quantitative estimate of drug-likeness (QED) is 0.597. The largest absolute Gasteiger partial charge is 0.433 e. The number of para-hydroxylation sites is 1. The van der Waals surface area contributed by atoms with Crippen molar-refractivity contribution in [2.24, 2.45) is 0 Å². The number of piperazine rings is 1. The molecule has 35 heavy (non-hydrogen) atoms. The summed E-state index contributed by atoms with van der Waals surface area (Å²) in [7, 11) is 0. The number of aromatic nitrogens is 1. The van der Waals surface area contributed by atoms with E-state index in [1.54, 1.807) is 30.0 Å². The van der Waals surface area contributed by atoms with Gasteiger partial charge in [-0.2, -0.15) is 13.2 Å². The first-order valence-electron chi connectivity index (χ1n) is 11.1. The average Bonchev–Trinajstić information content (AvgIpc) is 3.51. The second-order valence-electron chi connectivity index (χ2n) is 8.67. The van der Waals surface area contributed by atoms with Gasteiger partial charge in [0.05, 0.1) is 22.5 Å². The van der Waals surface area contributed by atoms with Crippen molar-refractivity contribution in [3.63, 3.8) is 0 Å². The zero-order valence-electron chi connectivity index (χ0n) is 18.8. The molecule has 3 aliphatic heterocycles. The van der Waals surface area contributed by atoms with E-state index in [0.29, 0.717) is 24.2 Å². The Kier molecular flexibility index (Phi) is 9.31. The third kappa shape index (κ3) is 5.88. The first-order valence-corrected chi connectivity index (χ1v) is 12.6. The number of benzene rings is 1. The highest BCUT2D eigenvalue weighted by Crippen LogP contribution is 2.37. The highest BCUT2D eigenvalue weighted by Gasteiger charge is 2.38. The molecule has 1 N–H and O–H groups in total. The summed E-state index contributed by atoms with van der Waals surface area (Å²) < 4.78 is 40.5. The van der Waals surface area contributed by atoms with Crippen molar-refractivity contribution in [3.8, 4) is 0 Å². The number of fused-ring (bicyclic) bond motifs is 1. The van der Waals surface area contributed by atoms with Crippen molar-refractivity contribution in [3.05, 3.63) is 35.0 Å². The summed E-state index contributed by atoms with van der Waals surface area (Å²) in [6.45, 7) is 4.21. The number of amides is 1. The van der Waals surface area contributed by atoms with Crippen LogP contribution < -0.4 is 10.2 Å². The first-order chi connectivity index (χ1) is 15.8. The number of hydrogen-bond donors (Lipinski definition) is 1. The monoisotopic (exact) mass is 571 g/mol. The van der Waals surface area contributed by atoms with Crippen molar-refractivity contribution in [2.75, 3.05) is 55.8 Å². The normalized spacial score (nSPS) is 23.3. The Hall–Kier alpha value is -1.17. The molecule has 13 heteroatoms. The summed E-state index contributed by atoms with van der Waals surface area (Å²) >= 11 is 7.97. The average molecular weight is 573 g/mol. The molecule has 0 unspecified atom stereocenters. The lowest BCUT2D eigenvalue weighted by molar-refractivity contribution is -0.141. The van der Waals surface area contributed by atoms with Crippen molar-refractivity contribution >= 4 is 70.7 Å². The van der Waals surface area contributed by atoms with Crippen molar-refractivity contribution in [2.45, 2.75) is 24.7 Å². The van der Waals surface area contributed by atoms with Gasteiger partial charge in [0.2, 0.25) is 5.91 Å². The van der Waals surface area contributed by atoms with Crippen LogP contribution in [0, 0.1) is 0 Å². The number of carbonyl (C=O) groups excluding carboxylic acids is 1. The van der Waals surface area contributed by atoms with Gasteiger partial charge in [-0.25, -0.2) is 4.98 Å². The summed E-state index contributed by atoms with van der Waals surface area (Å²) in [5, 5.41) is 4.21. The van der Waals surface area contributed by atoms with Gasteiger partial charge in [0.25, 0.3) is 0 Å². The smallest absolute Gasteiger partial charge is 0.368 e. The lowest BCUT2D eigenvalue weighted by atomic mass is 10.1. The van der Waals surface area contributed by atoms with Crippen LogP contribution in [0.1, 0.15) is 12.1 Å². The molecule has 0 saturated carbocycles. The van der Waals surface area contributed by atoms with Gasteiger partial charge in [-0.15, -0.1) is 36.6 Å². The van der Waals surface area contributed by atoms with Gasteiger partial charge in [-0.05, 0) is 18.6 Å². The summed E-state index contributed by atoms with van der Waals surface area (Å²) in [5.41, 5.74) is -0.242. The van der Waals surface area contributed by atoms with Crippen molar-refractivity contribution in [1.82, 2.24) is 20.1 Å². The standard InChI is InChI=1S/C22H25ClF3N5OS.2ClH/c23-16-3-1-2-15-18(11-19(22(24,25)26)28-20(15)16)30-6-4-29(5-7-30)14-10-17(27-12-14)21(32)31-8-9-33-13-31;;/h1-3,11,14,17,27H,4-10,12-13H2;2*1H/t14-,17-;;/m0../s1. The zero-order valence-corrected chi connectivity index (χ0v) is 22.0. The molecule has 4 heterocycles. The molecule has 1 amide bonds. The molecular weight excluding hydrogens is 546 g/mol. The van der Waals surface area contributed by atoms with Gasteiger partial charge in [0.1, 0.15) is 5.69 Å². The lowest BCUT2D eigenvalue weighted by Crippen LogP contribution is -2.51. The van der Waals surface area contributed by atoms with E-state index in [2.05, 4.69) is 15.2 Å². The molecule has 5 rings (SSSR count). The maximum Gasteiger partial charge on any atom is 0.433 e. The molecule has 6 nitrogen and oxygen atoms in total. The summed E-state index contributed by atoms with van der Waals surface area (Å²) in [5.74, 6) is 1.94. The fourth-order valence-electron chi connectivity index (χ4n) is 4.92. The van der Waals surface area contributed by atoms with E-state index >= 15 is 0 Å². The van der Waals surface area contributed by atoms with Crippen LogP contribution in [0.4, 0.5) is 18.9 Å². The fourth-order valence-corrected chi connectivity index (χ4v) is 6.09. The molecule has 0 radical (unpaired) electrons. The number of anilines is 1. The third-order valence-corrected chi connectivity index (χ3v) is 7.97. The number of hydrogen-bond acceptors (Lipinski definition) is 6. The summed E-state index contributed by atoms with van der Waals surface area (Å²) in [4.78, 5) is 22.7. The Morgan fingerprint density at radius 1 is 1.14 bits per heavy atom. The van der Waals surface area contributed by atoms with E-state index in [9.17, 15) is 18.0 Å². The molecule has 3 aliphatic rings. The molecule has 0 spiro atoms. The Labute approximate surface area is 223 Å². The number of carbonyl (C=O) groups is 1. The van der Waals surface area contributed by atoms with Crippen LogP contribution >= 0.6 is 48.2 Å². The lowest BCUT2D eigenvalue weighted by Gasteiger charge is -2.39. The Morgan fingerprint density at radius 3 is 2.54 bits per heavy atom. The van der Waals surface area contributed by atoms with Gasteiger partial charge >= 0.3 is 6.18 Å². The predicted molar refractivity (Wildman–Crippen MR) is 139 cm³/mol. The molecule has 2 aromatic rings. The maximum atomic E-state index is 13.5. The number of thioether (sulfide) groups is 1. The molecule has 1 aromatic heterocycles. The van der Waals surface area contributed by atoms with Gasteiger partial charge < -0.3 is 15.1 Å². The van der Waals surface area contributed by atoms with Crippen LogP contribution in [0.2, 0.25) is 5.02 Å². The van der Waals surface area contributed by atoms with E-state index in [4.69, 9.17) is 11.6 Å². The molecule has 0 bridgehead atoms. The molecule has 1 aromatic carbocycles. The minimum absolute atomic E-state index is 0. The highest BCUT2D eigenvalue weighted by molar-refractivity contribution is 7.99. The maximum absolute atomic E-state index is 13.5. The van der Waals surface area contributed by atoms with Crippen LogP contribution in [0.25, 0.3) is 10.9 Å². The molecule has 2 atom stereocenters. The predicted octanol–water partition coefficient (Wildman–Crippen LogP) is 4.14. The molecule has 3 saturated heterocycles. The summed E-state index contributed by atoms with van der Waals surface area (Å²) in [6, 6.07) is 6.31. The first kappa shape index (κ1) is 28.4. The fraction of sp³-hybridized carbons (Fsp3) is 0.545. The third-order valence-electron chi connectivity index (χ3n) is 6.70. The number of rotatable bonds is 3. The SMILES string of the molecule is Cl.Cl.O=C([C@@H]1C[C@H](N2CCN(c3cc(C(F)(F)F)nc4c(Cl)cccc34)CC2)CN1)N1CCSC1. The van der Waals surface area contributed by atoms with Crippen molar-refractivity contribution < 1.29 is 18.0 Å². The Morgan fingerprint density at radius 2 is 1.89 bits per heavy atom. The van der Waals surface area contributed by atoms with Gasteiger partial charge in [-0.1, -0.05) is 23.7 Å². The Bertz CT molecular complexity index is 1050. The van der Waals surface area contributed by atoms with Crippen LogP contribution in [0.3, 0.4) is 0 Å². The summed E-state index contributed by atoms with van der Waals surface area (Å²) in [6.07, 6.45) is -3.78. The molecule has 194 valence electrons. The molecular formula is C22H27Cl3F3N5OS. The van der Waals surface area contributed by atoms with E-state index in [1.165, 1.54) is 0 Å². The van der Waals surface area contributed by atoms with Crippen LogP contribution in [0.15, 0.2) is 24.3 Å². The van der Waals surface area contributed by atoms with Gasteiger partial charge in [-0.3, -0.25) is 9.69 Å². The van der Waals surface area contributed by atoms with Gasteiger partial charge in [0.15, 0.2) is 0 Å². The number of nitrogens with one attached hydrogen (secondary N) is 1. The van der Waals surface area contributed by atoms with E-state index < -0.39 is 11.9 Å².